The molecule has 1 aromatic carbocycles. The van der Waals surface area contributed by atoms with Gasteiger partial charge < -0.3 is 39.6 Å². The number of likely N-dealkylation sites (N-methyl/N-ethyl adjacent to an activating group) is 1. The van der Waals surface area contributed by atoms with Crippen LogP contribution in [0.25, 0.3) is 11.2 Å². The highest BCUT2D eigenvalue weighted by Crippen LogP contribution is 2.55. The van der Waals surface area contributed by atoms with Crippen LogP contribution in [0.5, 0.6) is 11.5 Å². The van der Waals surface area contributed by atoms with E-state index in [0.29, 0.717) is 29.1 Å². The molecule has 4 aromatic rings. The maximum Gasteiger partial charge on any atom is 0.408 e. The molecule has 2 aliphatic heterocycles. The fourth-order valence-corrected chi connectivity index (χ4v) is 7.85. The molecule has 0 saturated carbocycles. The van der Waals surface area contributed by atoms with Crippen molar-refractivity contribution in [3.63, 3.8) is 0 Å². The Kier molecular flexibility index (Phi) is 11.4. The van der Waals surface area contributed by atoms with Gasteiger partial charge in [0.1, 0.15) is 48.6 Å². The summed E-state index contributed by atoms with van der Waals surface area (Å²) in [4.78, 5) is 38.9. The Morgan fingerprint density at radius 3 is 2.58 bits per heavy atom. The van der Waals surface area contributed by atoms with Crippen molar-refractivity contribution in [3.8, 4) is 11.5 Å². The van der Waals surface area contributed by atoms with Crippen LogP contribution in [0.1, 0.15) is 24.4 Å². The van der Waals surface area contributed by atoms with E-state index in [-0.39, 0.29) is 18.8 Å². The molecule has 5 N–H and O–H groups in total. The summed E-state index contributed by atoms with van der Waals surface area (Å²) in [5, 5.41) is 21.5. The van der Waals surface area contributed by atoms with E-state index in [4.69, 9.17) is 38.5 Å². The predicted molar refractivity (Wildman–Crippen MR) is 182 cm³/mol. The molecule has 0 aliphatic carbocycles. The lowest BCUT2D eigenvalue weighted by Gasteiger charge is -2.31. The van der Waals surface area contributed by atoms with E-state index in [1.54, 1.807) is 23.7 Å². The van der Waals surface area contributed by atoms with Crippen LogP contribution in [0.3, 0.4) is 0 Å². The van der Waals surface area contributed by atoms with Crippen LogP contribution in [0, 0.1) is 0 Å². The Labute approximate surface area is 296 Å². The van der Waals surface area contributed by atoms with Gasteiger partial charge in [0.05, 0.1) is 33.8 Å². The normalized spacial score (nSPS) is 25.9. The first kappa shape index (κ1) is 37.5. The van der Waals surface area contributed by atoms with Crippen LogP contribution in [0.2, 0.25) is 0 Å². The predicted octanol–water partition coefficient (Wildman–Crippen LogP) is 0.213. The van der Waals surface area contributed by atoms with E-state index in [1.807, 2.05) is 6.07 Å². The first-order valence-electron chi connectivity index (χ1n) is 16.2. The van der Waals surface area contributed by atoms with E-state index >= 15 is 0 Å². The van der Waals surface area contributed by atoms with Crippen LogP contribution in [0.15, 0.2) is 52.7 Å². The number of aromatic nitrogens is 6. The summed E-state index contributed by atoms with van der Waals surface area (Å²) in [6.45, 7) is -0.771. The first-order chi connectivity index (χ1) is 25.0. The SMILES string of the molecule is COc1ccc(CCN(C)P(=O)(OC[C@H]2O[C@@H](n3ccc(=O)[nH]c3=O)[C@H](OC)[C@@H]2O)O[C@H]2C[C@H](n3cnc4c(N)ncnc43)O[C@@H]2CO)cc1OC. The number of anilines is 1. The minimum atomic E-state index is -4.29. The zero-order valence-corrected chi connectivity index (χ0v) is 29.7. The van der Waals surface area contributed by atoms with Crippen LogP contribution in [-0.2, 0) is 34.2 Å². The van der Waals surface area contributed by atoms with Crippen LogP contribution in [-0.4, -0.2) is 123 Å². The number of rotatable bonds is 15. The molecular formula is C31H41N8O12P. The second-order valence-electron chi connectivity index (χ2n) is 12.1. The highest BCUT2D eigenvalue weighted by atomic mass is 31.2. The standard InChI is InChI=1S/C31H41N8O12P/c1-37(9-7-17-5-6-18(45-2)19(11-17)46-3)52(44,48-14-22-26(42)27(47-4)30(50-22)38-10-8-23(41)36-31(38)43)51-20-12-24(49-21(20)13-40)39-16-35-25-28(32)33-15-34-29(25)39/h5-6,8,10-11,15-16,20-22,24,26-27,30,40,42H,7,9,12-14H2,1-4H3,(H2,32,33,34)(H,36,41,43)/t20-,21+,22+,24+,26+,27+,30+,52?/m0/s1. The van der Waals surface area contributed by atoms with Crippen molar-refractivity contribution in [2.45, 2.75) is 55.8 Å². The van der Waals surface area contributed by atoms with Crippen molar-refractivity contribution in [3.05, 3.63) is 69.5 Å². The zero-order chi connectivity index (χ0) is 37.2. The van der Waals surface area contributed by atoms with Crippen LogP contribution >= 0.6 is 7.75 Å². The number of hydrogen-bond acceptors (Lipinski definition) is 16. The van der Waals surface area contributed by atoms with Crippen LogP contribution < -0.4 is 26.5 Å². The largest absolute Gasteiger partial charge is 0.493 e. The summed E-state index contributed by atoms with van der Waals surface area (Å²) in [5.41, 5.74) is 6.19. The second kappa shape index (κ2) is 15.8. The Bertz CT molecular complexity index is 2030. The first-order valence-corrected chi connectivity index (χ1v) is 17.7. The van der Waals surface area contributed by atoms with E-state index in [1.165, 1.54) is 44.9 Å². The average Bonchev–Trinajstić information content (AvgIpc) is 3.84. The molecule has 1 unspecified atom stereocenters. The molecule has 0 radical (unpaired) electrons. The molecule has 8 atom stereocenters. The van der Waals surface area contributed by atoms with E-state index < -0.39 is 75.2 Å². The Morgan fingerprint density at radius 1 is 1.08 bits per heavy atom. The number of H-pyrrole nitrogens is 1. The van der Waals surface area contributed by atoms with Gasteiger partial charge in [-0.25, -0.2) is 29.0 Å². The highest BCUT2D eigenvalue weighted by Gasteiger charge is 2.48. The highest BCUT2D eigenvalue weighted by molar-refractivity contribution is 7.51. The topological polar surface area (TPSA) is 250 Å². The fourth-order valence-electron chi connectivity index (χ4n) is 6.19. The monoisotopic (exact) mass is 748 g/mol. The number of nitrogens with one attached hydrogen (secondary N) is 1. The third-order valence-corrected chi connectivity index (χ3v) is 11.1. The number of ether oxygens (including phenoxy) is 5. The van der Waals surface area contributed by atoms with E-state index in [0.717, 1.165) is 16.2 Å². The number of hydrogen-bond donors (Lipinski definition) is 4. The molecule has 0 bridgehead atoms. The maximum atomic E-state index is 14.9. The van der Waals surface area contributed by atoms with Gasteiger partial charge in [-0.1, -0.05) is 6.07 Å². The van der Waals surface area contributed by atoms with Gasteiger partial charge in [0.15, 0.2) is 29.2 Å². The van der Waals surface area contributed by atoms with Gasteiger partial charge >= 0.3 is 13.4 Å². The van der Waals surface area contributed by atoms with Gasteiger partial charge in [-0.15, -0.1) is 0 Å². The Hall–Kier alpha value is -4.24. The molecule has 0 amide bonds. The maximum absolute atomic E-state index is 14.9. The third-order valence-electron chi connectivity index (χ3n) is 9.03. The summed E-state index contributed by atoms with van der Waals surface area (Å²) in [6, 6.07) is 6.54. The van der Waals surface area contributed by atoms with Gasteiger partial charge in [-0.05, 0) is 31.2 Å². The summed E-state index contributed by atoms with van der Waals surface area (Å²) >= 11 is 0. The summed E-state index contributed by atoms with van der Waals surface area (Å²) < 4.78 is 59.6. The lowest BCUT2D eigenvalue weighted by molar-refractivity contribution is -0.0646. The number of nitrogens with two attached hydrogens (primary N) is 1. The van der Waals surface area contributed by atoms with Gasteiger partial charge in [0, 0.05) is 32.3 Å². The molecule has 52 heavy (non-hydrogen) atoms. The number of methoxy groups -OCH3 is 3. The summed E-state index contributed by atoms with van der Waals surface area (Å²) in [5.74, 6) is 1.25. The van der Waals surface area contributed by atoms with Crippen molar-refractivity contribution in [1.29, 1.82) is 0 Å². The number of aliphatic hydroxyl groups excluding tert-OH is 2. The summed E-state index contributed by atoms with van der Waals surface area (Å²) in [7, 11) is 1.66. The number of imidazole rings is 1. The Morgan fingerprint density at radius 2 is 1.87 bits per heavy atom. The molecule has 282 valence electrons. The van der Waals surface area contributed by atoms with Crippen LogP contribution in [0.4, 0.5) is 5.82 Å². The van der Waals surface area contributed by atoms with Gasteiger partial charge in [0.25, 0.3) is 5.56 Å². The average molecular weight is 749 g/mol. The lowest BCUT2D eigenvalue weighted by atomic mass is 10.1. The zero-order valence-electron chi connectivity index (χ0n) is 28.8. The molecule has 6 rings (SSSR count). The molecule has 21 heteroatoms. The van der Waals surface area contributed by atoms with Crippen molar-refractivity contribution < 1.29 is 47.5 Å². The van der Waals surface area contributed by atoms with E-state index in [9.17, 15) is 24.4 Å². The molecule has 2 aliphatic rings. The molecule has 5 heterocycles. The molecule has 2 fully saturated rings. The van der Waals surface area contributed by atoms with Crippen molar-refractivity contribution >= 4 is 24.7 Å². The number of benzene rings is 1. The number of aromatic amines is 1. The second-order valence-corrected chi connectivity index (χ2v) is 14.2. The number of nitrogen functional groups attached to an aromatic ring is 1. The van der Waals surface area contributed by atoms with Crippen molar-refractivity contribution in [1.82, 2.24) is 33.7 Å². The Balaban J connectivity index is 1.24. The minimum absolute atomic E-state index is 0.114. The van der Waals surface area contributed by atoms with Crippen molar-refractivity contribution in [2.75, 3.05) is 53.9 Å². The molecule has 0 spiro atoms. The molecular weight excluding hydrogens is 707 g/mol. The number of nitrogens with zero attached hydrogens (tertiary/aromatic N) is 6. The van der Waals surface area contributed by atoms with Crippen molar-refractivity contribution in [2.24, 2.45) is 0 Å². The molecule has 2 saturated heterocycles. The third kappa shape index (κ3) is 7.47. The molecule has 20 nitrogen and oxygen atoms in total. The molecule has 3 aromatic heterocycles. The number of fused-ring (bicyclic) bond motifs is 1. The fraction of sp³-hybridized carbons (Fsp3) is 0.516. The van der Waals surface area contributed by atoms with Gasteiger partial charge in [-0.2, -0.15) is 0 Å². The van der Waals surface area contributed by atoms with Gasteiger partial charge in [-0.3, -0.25) is 28.0 Å². The van der Waals surface area contributed by atoms with Gasteiger partial charge in [0.2, 0.25) is 0 Å². The minimum Gasteiger partial charge on any atom is -0.493 e. The lowest BCUT2D eigenvalue weighted by Crippen LogP contribution is -2.39. The summed E-state index contributed by atoms with van der Waals surface area (Å²) in [6.07, 6.45) is -2.79. The quantitative estimate of drug-likeness (QED) is 0.119. The number of aliphatic hydroxyl groups is 2. The van der Waals surface area contributed by atoms with E-state index in [2.05, 4.69) is 19.9 Å². The smallest absolute Gasteiger partial charge is 0.408 e.